The highest BCUT2D eigenvalue weighted by molar-refractivity contribution is 7.13. The Morgan fingerprint density at radius 3 is 2.56 bits per heavy atom. The molecular weight excluding hydrogens is 222 g/mol. The molecule has 0 radical (unpaired) electrons. The Morgan fingerprint density at radius 2 is 2.06 bits per heavy atom. The van der Waals surface area contributed by atoms with E-state index < -0.39 is 5.97 Å². The molecule has 0 fully saturated rings. The Bertz CT molecular complexity index is 528. The molecule has 2 aromatic rings. The summed E-state index contributed by atoms with van der Waals surface area (Å²) in [6, 6.07) is 7.65. The molecular formula is C12H9NO2S. The molecule has 0 aliphatic heterocycles. The van der Waals surface area contributed by atoms with Crippen LogP contribution in [0.3, 0.4) is 0 Å². The first-order valence-corrected chi connectivity index (χ1v) is 5.50. The van der Waals surface area contributed by atoms with Crippen molar-refractivity contribution >= 4 is 23.4 Å². The third-order valence-corrected chi connectivity index (χ3v) is 3.01. The number of aromatic carboxylic acids is 1. The van der Waals surface area contributed by atoms with Crippen LogP contribution in [-0.2, 0) is 0 Å². The minimum absolute atomic E-state index is 0.0906. The second-order valence-electron chi connectivity index (χ2n) is 3.17. The predicted molar refractivity (Wildman–Crippen MR) is 64.6 cm³/mol. The summed E-state index contributed by atoms with van der Waals surface area (Å²) in [6.07, 6.45) is 1.76. The zero-order chi connectivity index (χ0) is 11.5. The van der Waals surface area contributed by atoms with E-state index >= 15 is 0 Å². The molecule has 3 nitrogen and oxygen atoms in total. The van der Waals surface area contributed by atoms with E-state index in [-0.39, 0.29) is 5.69 Å². The van der Waals surface area contributed by atoms with Gasteiger partial charge in [-0.1, -0.05) is 36.9 Å². The van der Waals surface area contributed by atoms with Gasteiger partial charge >= 0.3 is 5.97 Å². The number of hydrogen-bond acceptors (Lipinski definition) is 3. The second kappa shape index (κ2) is 4.28. The molecule has 16 heavy (non-hydrogen) atoms. The Labute approximate surface area is 96.7 Å². The summed E-state index contributed by atoms with van der Waals surface area (Å²) in [5.41, 5.74) is 2.04. The van der Waals surface area contributed by atoms with Crippen molar-refractivity contribution in [2.24, 2.45) is 0 Å². The fourth-order valence-electron chi connectivity index (χ4n) is 1.27. The van der Waals surface area contributed by atoms with Crippen molar-refractivity contribution < 1.29 is 9.90 Å². The van der Waals surface area contributed by atoms with E-state index in [0.717, 1.165) is 11.1 Å². The lowest BCUT2D eigenvalue weighted by Gasteiger charge is -1.96. The number of carboxylic acid groups (broad SMARTS) is 1. The largest absolute Gasteiger partial charge is 0.476 e. The molecule has 2 rings (SSSR count). The number of rotatable bonds is 3. The summed E-state index contributed by atoms with van der Waals surface area (Å²) < 4.78 is 0. The molecule has 1 aromatic carbocycles. The van der Waals surface area contributed by atoms with Gasteiger partial charge in [-0.2, -0.15) is 0 Å². The Morgan fingerprint density at radius 1 is 1.38 bits per heavy atom. The van der Waals surface area contributed by atoms with Crippen LogP contribution in [-0.4, -0.2) is 16.1 Å². The normalized spacial score (nSPS) is 10.0. The Kier molecular flexibility index (Phi) is 2.83. The van der Waals surface area contributed by atoms with Crippen LogP contribution in [0.4, 0.5) is 0 Å². The summed E-state index contributed by atoms with van der Waals surface area (Å²) in [7, 11) is 0. The van der Waals surface area contributed by atoms with Gasteiger partial charge in [0.25, 0.3) is 0 Å². The first kappa shape index (κ1) is 10.6. The van der Waals surface area contributed by atoms with Crippen molar-refractivity contribution in [3.63, 3.8) is 0 Å². The van der Waals surface area contributed by atoms with Crippen LogP contribution in [0.15, 0.2) is 36.2 Å². The average molecular weight is 231 g/mol. The van der Waals surface area contributed by atoms with Crippen LogP contribution in [0.25, 0.3) is 16.6 Å². The van der Waals surface area contributed by atoms with E-state index in [1.807, 2.05) is 24.3 Å². The van der Waals surface area contributed by atoms with Crippen LogP contribution >= 0.6 is 11.3 Å². The van der Waals surface area contributed by atoms with Crippen LogP contribution in [0.2, 0.25) is 0 Å². The lowest BCUT2D eigenvalue weighted by atomic mass is 10.1. The minimum atomic E-state index is -0.995. The van der Waals surface area contributed by atoms with Crippen molar-refractivity contribution in [1.82, 2.24) is 4.98 Å². The molecule has 0 saturated carbocycles. The molecule has 80 valence electrons. The summed E-state index contributed by atoms with van der Waals surface area (Å²) in [6.45, 7) is 3.67. The van der Waals surface area contributed by atoms with E-state index in [2.05, 4.69) is 11.6 Å². The van der Waals surface area contributed by atoms with Crippen molar-refractivity contribution in [3.05, 3.63) is 47.5 Å². The van der Waals surface area contributed by atoms with Gasteiger partial charge in [0.05, 0.1) is 0 Å². The first-order valence-electron chi connectivity index (χ1n) is 4.62. The smallest absolute Gasteiger partial charge is 0.355 e. The van der Waals surface area contributed by atoms with Crippen molar-refractivity contribution in [2.75, 3.05) is 0 Å². The third kappa shape index (κ3) is 2.01. The quantitative estimate of drug-likeness (QED) is 0.882. The van der Waals surface area contributed by atoms with Crippen molar-refractivity contribution in [3.8, 4) is 10.6 Å². The van der Waals surface area contributed by atoms with Crippen molar-refractivity contribution in [1.29, 1.82) is 0 Å². The zero-order valence-corrected chi connectivity index (χ0v) is 9.20. The number of nitrogens with zero attached hydrogens (tertiary/aromatic N) is 1. The van der Waals surface area contributed by atoms with Crippen LogP contribution in [0.1, 0.15) is 16.1 Å². The van der Waals surface area contributed by atoms with E-state index in [9.17, 15) is 4.79 Å². The number of thiazole rings is 1. The molecule has 0 amide bonds. The second-order valence-corrected chi connectivity index (χ2v) is 4.03. The van der Waals surface area contributed by atoms with Gasteiger partial charge < -0.3 is 5.11 Å². The van der Waals surface area contributed by atoms with E-state index in [4.69, 9.17) is 5.11 Å². The lowest BCUT2D eigenvalue weighted by Crippen LogP contribution is -1.95. The number of carbonyl (C=O) groups is 1. The molecule has 0 aliphatic rings. The maximum absolute atomic E-state index is 10.7. The number of carboxylic acids is 1. The van der Waals surface area contributed by atoms with Crippen LogP contribution < -0.4 is 0 Å². The molecule has 0 atom stereocenters. The summed E-state index contributed by atoms with van der Waals surface area (Å²) in [4.78, 5) is 14.7. The highest BCUT2D eigenvalue weighted by Crippen LogP contribution is 2.24. The fraction of sp³-hybridized carbons (Fsp3) is 0. The number of hydrogen-bond donors (Lipinski definition) is 1. The molecule has 1 N–H and O–H groups in total. The van der Waals surface area contributed by atoms with Gasteiger partial charge in [-0.05, 0) is 5.56 Å². The molecule has 0 aliphatic carbocycles. The highest BCUT2D eigenvalue weighted by Gasteiger charge is 2.09. The highest BCUT2D eigenvalue weighted by atomic mass is 32.1. The summed E-state index contributed by atoms with van der Waals surface area (Å²) in [5, 5.41) is 11.0. The zero-order valence-electron chi connectivity index (χ0n) is 8.38. The fourth-order valence-corrected chi connectivity index (χ4v) is 2.07. The van der Waals surface area contributed by atoms with Gasteiger partial charge in [0.2, 0.25) is 0 Å². The standard InChI is InChI=1S/C12H9NO2S/c1-2-8-3-5-9(6-4-8)11-13-10(7-16-11)12(14)15/h2-7H,1H2,(H,14,15). The van der Waals surface area contributed by atoms with Crippen molar-refractivity contribution in [2.45, 2.75) is 0 Å². The maximum atomic E-state index is 10.7. The first-order chi connectivity index (χ1) is 7.70. The molecule has 0 saturated heterocycles. The summed E-state index contributed by atoms with van der Waals surface area (Å²) in [5.74, 6) is -0.995. The SMILES string of the molecule is C=Cc1ccc(-c2nc(C(=O)O)cs2)cc1. The molecule has 0 spiro atoms. The topological polar surface area (TPSA) is 50.2 Å². The Balaban J connectivity index is 2.35. The van der Waals surface area contributed by atoms with Gasteiger partial charge in [0.15, 0.2) is 5.69 Å². The van der Waals surface area contributed by atoms with Gasteiger partial charge in [-0.3, -0.25) is 0 Å². The number of aromatic nitrogens is 1. The molecule has 4 heteroatoms. The Hall–Kier alpha value is -1.94. The molecule has 1 aromatic heterocycles. The number of benzene rings is 1. The predicted octanol–water partition coefficient (Wildman–Crippen LogP) is 3.15. The van der Waals surface area contributed by atoms with Crippen LogP contribution in [0.5, 0.6) is 0 Å². The molecule has 0 unspecified atom stereocenters. The molecule has 1 heterocycles. The van der Waals surface area contributed by atoms with Gasteiger partial charge in [0, 0.05) is 10.9 Å². The third-order valence-electron chi connectivity index (χ3n) is 2.12. The maximum Gasteiger partial charge on any atom is 0.355 e. The minimum Gasteiger partial charge on any atom is -0.476 e. The van der Waals surface area contributed by atoms with E-state index in [0.29, 0.717) is 5.01 Å². The van der Waals surface area contributed by atoms with Gasteiger partial charge in [0.1, 0.15) is 5.01 Å². The molecule has 0 bridgehead atoms. The average Bonchev–Trinajstić information content (AvgIpc) is 2.78. The van der Waals surface area contributed by atoms with Crippen LogP contribution in [0, 0.1) is 0 Å². The van der Waals surface area contributed by atoms with Gasteiger partial charge in [-0.25, -0.2) is 9.78 Å². The van der Waals surface area contributed by atoms with E-state index in [1.54, 1.807) is 11.5 Å². The van der Waals surface area contributed by atoms with E-state index in [1.165, 1.54) is 11.3 Å². The lowest BCUT2D eigenvalue weighted by molar-refractivity contribution is 0.0691. The van der Waals surface area contributed by atoms with Gasteiger partial charge in [-0.15, -0.1) is 11.3 Å². The monoisotopic (exact) mass is 231 g/mol. The summed E-state index contributed by atoms with van der Waals surface area (Å²) >= 11 is 1.33.